The summed E-state index contributed by atoms with van der Waals surface area (Å²) in [4.78, 5) is 25.5. The fourth-order valence-corrected chi connectivity index (χ4v) is 2.40. The Morgan fingerprint density at radius 2 is 2.05 bits per heavy atom. The fourth-order valence-electron chi connectivity index (χ4n) is 2.40. The van der Waals surface area contributed by atoms with E-state index in [-0.39, 0.29) is 12.5 Å². The molecule has 6 nitrogen and oxygen atoms in total. The van der Waals surface area contributed by atoms with Crippen LogP contribution in [0.5, 0.6) is 5.75 Å². The average molecular weight is 291 g/mol. The predicted molar refractivity (Wildman–Crippen MR) is 79.8 cm³/mol. The van der Waals surface area contributed by atoms with Gasteiger partial charge in [-0.25, -0.2) is 0 Å². The Hall–Kier alpha value is -2.08. The molecule has 114 valence electrons. The first kappa shape index (κ1) is 15.3. The summed E-state index contributed by atoms with van der Waals surface area (Å²) in [5, 5.41) is 0. The van der Waals surface area contributed by atoms with Gasteiger partial charge in [0.25, 0.3) is 5.91 Å². The molecule has 1 heterocycles. The Kier molecular flexibility index (Phi) is 4.47. The molecule has 0 fully saturated rings. The van der Waals surface area contributed by atoms with Gasteiger partial charge in [0.1, 0.15) is 5.75 Å². The molecule has 2 unspecified atom stereocenters. The zero-order chi connectivity index (χ0) is 15.6. The molecular weight excluding hydrogens is 270 g/mol. The molecule has 1 aromatic rings. The summed E-state index contributed by atoms with van der Waals surface area (Å²) in [6.45, 7) is 4.11. The van der Waals surface area contributed by atoms with Crippen molar-refractivity contribution in [2.75, 3.05) is 11.4 Å². The third-order valence-corrected chi connectivity index (χ3v) is 3.40. The zero-order valence-electron chi connectivity index (χ0n) is 12.3. The van der Waals surface area contributed by atoms with E-state index in [0.717, 1.165) is 0 Å². The molecule has 1 aromatic carbocycles. The standard InChI is InChI=1S/C15H21N3O3/c1-9(2)7-10(16)15(20)18-8-13(14(17)19)21-12-6-4-3-5-11(12)18/h3-6,9-10,13H,7-8,16H2,1-2H3,(H2,17,19). The third kappa shape index (κ3) is 3.33. The van der Waals surface area contributed by atoms with Crippen molar-refractivity contribution in [1.82, 2.24) is 0 Å². The lowest BCUT2D eigenvalue weighted by Gasteiger charge is -2.35. The maximum absolute atomic E-state index is 12.6. The first-order valence-electron chi connectivity index (χ1n) is 7.02. The van der Waals surface area contributed by atoms with Crippen LogP contribution >= 0.6 is 0 Å². The Bertz CT molecular complexity index is 545. The monoisotopic (exact) mass is 291 g/mol. The van der Waals surface area contributed by atoms with E-state index in [1.807, 2.05) is 13.8 Å². The van der Waals surface area contributed by atoms with Crippen molar-refractivity contribution in [2.45, 2.75) is 32.4 Å². The number of carbonyl (C=O) groups excluding carboxylic acids is 2. The van der Waals surface area contributed by atoms with Gasteiger partial charge in [-0.2, -0.15) is 0 Å². The number of nitrogens with two attached hydrogens (primary N) is 2. The maximum atomic E-state index is 12.6. The first-order chi connectivity index (χ1) is 9.90. The van der Waals surface area contributed by atoms with Crippen LogP contribution in [0.2, 0.25) is 0 Å². The highest BCUT2D eigenvalue weighted by atomic mass is 16.5. The topological polar surface area (TPSA) is 98.7 Å². The second-order valence-electron chi connectivity index (χ2n) is 5.66. The average Bonchev–Trinajstić information content (AvgIpc) is 2.44. The zero-order valence-corrected chi connectivity index (χ0v) is 12.3. The van der Waals surface area contributed by atoms with Crippen LogP contribution in [0.15, 0.2) is 24.3 Å². The molecule has 0 aromatic heterocycles. The molecule has 2 rings (SSSR count). The summed E-state index contributed by atoms with van der Waals surface area (Å²) < 4.78 is 5.53. The first-order valence-corrected chi connectivity index (χ1v) is 7.02. The molecule has 2 atom stereocenters. The van der Waals surface area contributed by atoms with Gasteiger partial charge in [-0.3, -0.25) is 9.59 Å². The quantitative estimate of drug-likeness (QED) is 0.850. The van der Waals surface area contributed by atoms with Crippen molar-refractivity contribution in [3.05, 3.63) is 24.3 Å². The normalized spacial score (nSPS) is 18.9. The molecule has 1 aliphatic heterocycles. The van der Waals surface area contributed by atoms with Crippen LogP contribution in [0.4, 0.5) is 5.69 Å². The van der Waals surface area contributed by atoms with Gasteiger partial charge in [-0.15, -0.1) is 0 Å². The summed E-state index contributed by atoms with van der Waals surface area (Å²) in [5.41, 5.74) is 11.9. The van der Waals surface area contributed by atoms with Gasteiger partial charge in [-0.1, -0.05) is 26.0 Å². The van der Waals surface area contributed by atoms with Crippen molar-refractivity contribution in [3.63, 3.8) is 0 Å². The summed E-state index contributed by atoms with van der Waals surface area (Å²) >= 11 is 0. The molecule has 0 bridgehead atoms. The minimum absolute atomic E-state index is 0.0942. The van der Waals surface area contributed by atoms with E-state index in [1.54, 1.807) is 24.3 Å². The van der Waals surface area contributed by atoms with Gasteiger partial charge >= 0.3 is 0 Å². The van der Waals surface area contributed by atoms with E-state index < -0.39 is 18.1 Å². The van der Waals surface area contributed by atoms with Gasteiger partial charge in [0.15, 0.2) is 6.10 Å². The van der Waals surface area contributed by atoms with Crippen LogP contribution in [0.3, 0.4) is 0 Å². The molecule has 0 radical (unpaired) electrons. The summed E-state index contributed by atoms with van der Waals surface area (Å²) in [7, 11) is 0. The minimum atomic E-state index is -0.852. The van der Waals surface area contributed by atoms with Crippen LogP contribution < -0.4 is 21.1 Å². The largest absolute Gasteiger partial charge is 0.477 e. The van der Waals surface area contributed by atoms with E-state index >= 15 is 0 Å². The van der Waals surface area contributed by atoms with Crippen molar-refractivity contribution >= 4 is 17.5 Å². The number of hydrogen-bond acceptors (Lipinski definition) is 4. The van der Waals surface area contributed by atoms with Crippen LogP contribution in [-0.2, 0) is 9.59 Å². The molecule has 21 heavy (non-hydrogen) atoms. The van der Waals surface area contributed by atoms with E-state index in [2.05, 4.69) is 0 Å². The molecular formula is C15H21N3O3. The molecule has 0 saturated heterocycles. The van der Waals surface area contributed by atoms with Crippen LogP contribution in [-0.4, -0.2) is 30.5 Å². The second-order valence-corrected chi connectivity index (χ2v) is 5.66. The van der Waals surface area contributed by atoms with Gasteiger partial charge in [0.05, 0.1) is 18.3 Å². The highest BCUT2D eigenvalue weighted by Gasteiger charge is 2.34. The number of nitrogens with zero attached hydrogens (tertiary/aromatic N) is 1. The SMILES string of the molecule is CC(C)CC(N)C(=O)N1CC(C(N)=O)Oc2ccccc21. The number of hydrogen-bond donors (Lipinski definition) is 2. The lowest BCUT2D eigenvalue weighted by Crippen LogP contribution is -2.53. The predicted octanol–water partition coefficient (Wildman–Crippen LogP) is 0.639. The number of benzene rings is 1. The minimum Gasteiger partial charge on any atom is -0.477 e. The smallest absolute Gasteiger partial charge is 0.260 e. The van der Waals surface area contributed by atoms with Gasteiger partial charge in [0, 0.05) is 0 Å². The number of fused-ring (bicyclic) bond motifs is 1. The molecule has 1 aliphatic rings. The molecule has 0 aliphatic carbocycles. The second kappa shape index (κ2) is 6.13. The highest BCUT2D eigenvalue weighted by molar-refractivity contribution is 6.00. The number of para-hydroxylation sites is 2. The summed E-state index contributed by atoms with van der Waals surface area (Å²) in [5.74, 6) is -0.0322. The summed E-state index contributed by atoms with van der Waals surface area (Å²) in [6.07, 6.45) is -0.269. The van der Waals surface area contributed by atoms with Crippen molar-refractivity contribution in [2.24, 2.45) is 17.4 Å². The van der Waals surface area contributed by atoms with Crippen LogP contribution in [0, 0.1) is 5.92 Å². The Balaban J connectivity index is 2.28. The van der Waals surface area contributed by atoms with Crippen molar-refractivity contribution < 1.29 is 14.3 Å². The number of carbonyl (C=O) groups is 2. The van der Waals surface area contributed by atoms with Crippen LogP contribution in [0.25, 0.3) is 0 Å². The molecule has 4 N–H and O–H groups in total. The Morgan fingerprint density at radius 3 is 2.67 bits per heavy atom. The number of primary amides is 1. The lowest BCUT2D eigenvalue weighted by molar-refractivity contribution is -0.125. The van der Waals surface area contributed by atoms with Gasteiger partial charge < -0.3 is 21.1 Å². The number of ether oxygens (including phenoxy) is 1. The van der Waals surface area contributed by atoms with Gasteiger partial charge in [0.2, 0.25) is 5.91 Å². The van der Waals surface area contributed by atoms with E-state index in [9.17, 15) is 9.59 Å². The fraction of sp³-hybridized carbons (Fsp3) is 0.467. The van der Waals surface area contributed by atoms with E-state index in [4.69, 9.17) is 16.2 Å². The number of rotatable bonds is 4. The number of anilines is 1. The molecule has 0 spiro atoms. The highest BCUT2D eigenvalue weighted by Crippen LogP contribution is 2.33. The summed E-state index contributed by atoms with van der Waals surface area (Å²) in [6, 6.07) is 6.45. The van der Waals surface area contributed by atoms with E-state index in [1.165, 1.54) is 4.90 Å². The lowest BCUT2D eigenvalue weighted by atomic mass is 10.0. The van der Waals surface area contributed by atoms with E-state index in [0.29, 0.717) is 23.8 Å². The Labute approximate surface area is 124 Å². The molecule has 2 amide bonds. The molecule has 6 heteroatoms. The van der Waals surface area contributed by atoms with Crippen LogP contribution in [0.1, 0.15) is 20.3 Å². The third-order valence-electron chi connectivity index (χ3n) is 3.40. The van der Waals surface area contributed by atoms with Crippen molar-refractivity contribution in [3.8, 4) is 5.75 Å². The number of amides is 2. The Morgan fingerprint density at radius 1 is 1.38 bits per heavy atom. The molecule has 0 saturated carbocycles. The van der Waals surface area contributed by atoms with Gasteiger partial charge in [-0.05, 0) is 24.5 Å². The van der Waals surface area contributed by atoms with Crippen molar-refractivity contribution in [1.29, 1.82) is 0 Å². The maximum Gasteiger partial charge on any atom is 0.260 e.